The Bertz CT molecular complexity index is 445. The number of anilines is 2. The lowest BCUT2D eigenvalue weighted by atomic mass is 10.1. The summed E-state index contributed by atoms with van der Waals surface area (Å²) in [6.07, 6.45) is 5.79. The molecular weight excluding hydrogens is 266 g/mol. The summed E-state index contributed by atoms with van der Waals surface area (Å²) in [5, 5.41) is 3.42. The third-order valence-corrected chi connectivity index (χ3v) is 4.06. The van der Waals surface area contributed by atoms with Crippen LogP contribution in [0.25, 0.3) is 0 Å². The van der Waals surface area contributed by atoms with Crippen molar-refractivity contribution in [3.05, 3.63) is 18.3 Å². The second-order valence-electron chi connectivity index (χ2n) is 6.32. The van der Waals surface area contributed by atoms with E-state index in [1.54, 1.807) is 0 Å². The van der Waals surface area contributed by atoms with Crippen LogP contribution in [0.1, 0.15) is 33.1 Å². The molecule has 1 aromatic rings. The van der Waals surface area contributed by atoms with E-state index in [0.29, 0.717) is 13.2 Å². The second kappa shape index (κ2) is 6.20. The highest BCUT2D eigenvalue weighted by Gasteiger charge is 2.28. The van der Waals surface area contributed by atoms with Crippen molar-refractivity contribution < 1.29 is 9.47 Å². The van der Waals surface area contributed by atoms with Crippen molar-refractivity contribution in [2.75, 3.05) is 36.5 Å². The van der Waals surface area contributed by atoms with Crippen LogP contribution in [0, 0.1) is 0 Å². The maximum Gasteiger partial charge on any atom is 0.162 e. The van der Waals surface area contributed by atoms with Crippen molar-refractivity contribution in [1.82, 2.24) is 4.98 Å². The van der Waals surface area contributed by atoms with E-state index in [4.69, 9.17) is 9.47 Å². The molecule has 0 spiro atoms. The lowest BCUT2D eigenvalue weighted by molar-refractivity contribution is -0.247. The van der Waals surface area contributed by atoms with E-state index < -0.39 is 5.79 Å². The Labute approximate surface area is 126 Å². The molecule has 2 saturated heterocycles. The number of ether oxygens (including phenoxy) is 2. The Morgan fingerprint density at radius 2 is 1.86 bits per heavy atom. The molecule has 0 saturated carbocycles. The Morgan fingerprint density at radius 1 is 1.14 bits per heavy atom. The third-order valence-electron chi connectivity index (χ3n) is 4.06. The van der Waals surface area contributed by atoms with Gasteiger partial charge in [0.25, 0.3) is 0 Å². The molecule has 1 aromatic heterocycles. The lowest BCUT2D eigenvalue weighted by Gasteiger charge is -2.35. The fourth-order valence-electron chi connectivity index (χ4n) is 2.79. The standard InChI is InChI=1S/C16H25N3O2/c1-16(2)20-11-14(12-21-16)18-13-6-7-15(17-10-13)19-8-4-3-5-9-19/h6-7,10,14,18H,3-5,8-9,11-12H2,1-2H3. The van der Waals surface area contributed by atoms with Crippen molar-refractivity contribution >= 4 is 11.5 Å². The quantitative estimate of drug-likeness (QED) is 0.927. The first-order chi connectivity index (χ1) is 10.1. The summed E-state index contributed by atoms with van der Waals surface area (Å²) in [7, 11) is 0. The molecular formula is C16H25N3O2. The Kier molecular flexibility index (Phi) is 4.31. The highest BCUT2D eigenvalue weighted by atomic mass is 16.7. The number of aromatic nitrogens is 1. The third kappa shape index (κ3) is 3.86. The van der Waals surface area contributed by atoms with Gasteiger partial charge in [-0.3, -0.25) is 0 Å². The van der Waals surface area contributed by atoms with E-state index in [0.717, 1.165) is 24.6 Å². The van der Waals surface area contributed by atoms with Crippen molar-refractivity contribution in [2.24, 2.45) is 0 Å². The molecule has 0 aromatic carbocycles. The second-order valence-corrected chi connectivity index (χ2v) is 6.32. The van der Waals surface area contributed by atoms with Gasteiger partial charge in [-0.05, 0) is 45.2 Å². The molecule has 116 valence electrons. The van der Waals surface area contributed by atoms with Crippen LogP contribution in [-0.2, 0) is 9.47 Å². The van der Waals surface area contributed by atoms with Crippen LogP contribution in [0.2, 0.25) is 0 Å². The molecule has 5 heteroatoms. The number of hydrogen-bond donors (Lipinski definition) is 1. The van der Waals surface area contributed by atoms with Gasteiger partial charge < -0.3 is 19.7 Å². The molecule has 0 bridgehead atoms. The van der Waals surface area contributed by atoms with Crippen LogP contribution < -0.4 is 10.2 Å². The average molecular weight is 291 g/mol. The van der Waals surface area contributed by atoms with Crippen molar-refractivity contribution in [2.45, 2.75) is 44.9 Å². The van der Waals surface area contributed by atoms with Gasteiger partial charge in [-0.25, -0.2) is 4.98 Å². The highest BCUT2D eigenvalue weighted by molar-refractivity contribution is 5.49. The first-order valence-corrected chi connectivity index (χ1v) is 7.88. The molecule has 21 heavy (non-hydrogen) atoms. The minimum Gasteiger partial charge on any atom is -0.376 e. The van der Waals surface area contributed by atoms with Gasteiger partial charge >= 0.3 is 0 Å². The van der Waals surface area contributed by atoms with E-state index in [9.17, 15) is 0 Å². The average Bonchev–Trinajstić information content (AvgIpc) is 2.51. The van der Waals surface area contributed by atoms with Gasteiger partial charge in [0.05, 0.1) is 31.1 Å². The normalized spacial score (nSPS) is 23.0. The molecule has 0 atom stereocenters. The summed E-state index contributed by atoms with van der Waals surface area (Å²) in [6, 6.07) is 4.37. The highest BCUT2D eigenvalue weighted by Crippen LogP contribution is 2.21. The molecule has 0 radical (unpaired) electrons. The Morgan fingerprint density at radius 3 is 2.48 bits per heavy atom. The van der Waals surface area contributed by atoms with Crippen molar-refractivity contribution in [1.29, 1.82) is 0 Å². The minimum atomic E-state index is -0.464. The van der Waals surface area contributed by atoms with E-state index in [-0.39, 0.29) is 6.04 Å². The van der Waals surface area contributed by atoms with E-state index >= 15 is 0 Å². The number of hydrogen-bond acceptors (Lipinski definition) is 5. The predicted molar refractivity (Wildman–Crippen MR) is 83.7 cm³/mol. The van der Waals surface area contributed by atoms with Gasteiger partial charge in [-0.15, -0.1) is 0 Å². The topological polar surface area (TPSA) is 46.6 Å². The van der Waals surface area contributed by atoms with Gasteiger partial charge in [0.2, 0.25) is 0 Å². The molecule has 2 aliphatic heterocycles. The molecule has 0 aliphatic carbocycles. The molecule has 2 fully saturated rings. The zero-order valence-electron chi connectivity index (χ0n) is 13.0. The largest absolute Gasteiger partial charge is 0.376 e. The SMILES string of the molecule is CC1(C)OCC(Nc2ccc(N3CCCCC3)nc2)CO1. The summed E-state index contributed by atoms with van der Waals surface area (Å²) >= 11 is 0. The first kappa shape index (κ1) is 14.6. The fourth-order valence-corrected chi connectivity index (χ4v) is 2.79. The van der Waals surface area contributed by atoms with Crippen molar-refractivity contribution in [3.63, 3.8) is 0 Å². The summed E-state index contributed by atoms with van der Waals surface area (Å²) in [4.78, 5) is 6.94. The molecule has 1 N–H and O–H groups in total. The maximum atomic E-state index is 5.66. The number of nitrogens with one attached hydrogen (secondary N) is 1. The molecule has 2 aliphatic rings. The zero-order chi connectivity index (χ0) is 14.7. The Hall–Kier alpha value is -1.33. The van der Waals surface area contributed by atoms with Crippen LogP contribution in [0.5, 0.6) is 0 Å². The number of pyridine rings is 1. The van der Waals surface area contributed by atoms with Crippen LogP contribution in [-0.4, -0.2) is 43.1 Å². The maximum absolute atomic E-state index is 5.66. The molecule has 0 unspecified atom stereocenters. The minimum absolute atomic E-state index is 0.181. The summed E-state index contributed by atoms with van der Waals surface area (Å²) in [5.41, 5.74) is 1.02. The van der Waals surface area contributed by atoms with E-state index in [1.807, 2.05) is 20.0 Å². The molecule has 3 rings (SSSR count). The van der Waals surface area contributed by atoms with Gasteiger partial charge in [0.15, 0.2) is 5.79 Å². The number of nitrogens with zero attached hydrogens (tertiary/aromatic N) is 2. The van der Waals surface area contributed by atoms with E-state index in [2.05, 4.69) is 27.3 Å². The van der Waals surface area contributed by atoms with Gasteiger partial charge in [0.1, 0.15) is 5.82 Å². The fraction of sp³-hybridized carbons (Fsp3) is 0.688. The van der Waals surface area contributed by atoms with Crippen LogP contribution >= 0.6 is 0 Å². The molecule has 3 heterocycles. The number of rotatable bonds is 3. The van der Waals surface area contributed by atoms with Gasteiger partial charge in [-0.1, -0.05) is 0 Å². The summed E-state index contributed by atoms with van der Waals surface area (Å²) in [6.45, 7) is 7.44. The number of piperidine rings is 1. The van der Waals surface area contributed by atoms with Gasteiger partial charge in [-0.2, -0.15) is 0 Å². The monoisotopic (exact) mass is 291 g/mol. The summed E-state index contributed by atoms with van der Waals surface area (Å²) in [5.74, 6) is 0.617. The first-order valence-electron chi connectivity index (χ1n) is 7.88. The van der Waals surface area contributed by atoms with Crippen LogP contribution in [0.4, 0.5) is 11.5 Å². The van der Waals surface area contributed by atoms with Crippen LogP contribution in [0.15, 0.2) is 18.3 Å². The zero-order valence-corrected chi connectivity index (χ0v) is 13.0. The van der Waals surface area contributed by atoms with Gasteiger partial charge in [0, 0.05) is 13.1 Å². The van der Waals surface area contributed by atoms with E-state index in [1.165, 1.54) is 19.3 Å². The predicted octanol–water partition coefficient (Wildman–Crippen LogP) is 2.64. The van der Waals surface area contributed by atoms with Crippen molar-refractivity contribution in [3.8, 4) is 0 Å². The smallest absolute Gasteiger partial charge is 0.162 e. The Balaban J connectivity index is 1.55. The summed E-state index contributed by atoms with van der Waals surface area (Å²) < 4.78 is 11.3. The molecule has 5 nitrogen and oxygen atoms in total. The van der Waals surface area contributed by atoms with Crippen LogP contribution in [0.3, 0.4) is 0 Å². The lowest BCUT2D eigenvalue weighted by Crippen LogP contribution is -2.45. The molecule has 0 amide bonds.